The van der Waals surface area contributed by atoms with Crippen LogP contribution >= 0.6 is 0 Å². The highest BCUT2D eigenvalue weighted by Gasteiger charge is 2.17. The minimum Gasteiger partial charge on any atom is -0.398 e. The van der Waals surface area contributed by atoms with Crippen LogP contribution in [0.5, 0.6) is 0 Å². The van der Waals surface area contributed by atoms with Crippen LogP contribution in [-0.2, 0) is 4.74 Å². The monoisotopic (exact) mass is 217 g/mol. The Bertz CT molecular complexity index is 425. The summed E-state index contributed by atoms with van der Waals surface area (Å²) in [4.78, 5) is 2.23. The van der Waals surface area contributed by atoms with E-state index < -0.39 is 0 Å². The average Bonchev–Trinajstić information content (AvgIpc) is 2.29. The van der Waals surface area contributed by atoms with Crippen molar-refractivity contribution in [3.63, 3.8) is 0 Å². The van der Waals surface area contributed by atoms with Gasteiger partial charge in [0.05, 0.1) is 24.0 Å². The highest BCUT2D eigenvalue weighted by atomic mass is 16.5. The van der Waals surface area contributed by atoms with Crippen LogP contribution in [0.2, 0.25) is 0 Å². The zero-order valence-corrected chi connectivity index (χ0v) is 9.31. The second-order valence-electron chi connectivity index (χ2n) is 4.01. The Kier molecular flexibility index (Phi) is 2.97. The van der Waals surface area contributed by atoms with E-state index in [0.717, 1.165) is 25.4 Å². The Morgan fingerprint density at radius 2 is 2.38 bits per heavy atom. The fourth-order valence-electron chi connectivity index (χ4n) is 1.90. The molecule has 0 spiro atoms. The lowest BCUT2D eigenvalue weighted by Crippen LogP contribution is -2.41. The van der Waals surface area contributed by atoms with Gasteiger partial charge in [-0.2, -0.15) is 5.26 Å². The largest absolute Gasteiger partial charge is 0.398 e. The van der Waals surface area contributed by atoms with Crippen molar-refractivity contribution in [2.24, 2.45) is 0 Å². The van der Waals surface area contributed by atoms with E-state index in [2.05, 4.69) is 17.9 Å². The van der Waals surface area contributed by atoms with E-state index in [1.165, 1.54) is 0 Å². The van der Waals surface area contributed by atoms with E-state index in [1.807, 2.05) is 12.1 Å². The van der Waals surface area contributed by atoms with E-state index >= 15 is 0 Å². The van der Waals surface area contributed by atoms with Gasteiger partial charge in [0.25, 0.3) is 0 Å². The molecule has 0 saturated carbocycles. The first-order chi connectivity index (χ1) is 7.70. The molecular weight excluding hydrogens is 202 g/mol. The molecule has 1 heterocycles. The maximum atomic E-state index is 8.80. The first kappa shape index (κ1) is 10.8. The van der Waals surface area contributed by atoms with Crippen molar-refractivity contribution < 1.29 is 4.74 Å². The topological polar surface area (TPSA) is 62.3 Å². The Morgan fingerprint density at radius 1 is 1.56 bits per heavy atom. The lowest BCUT2D eigenvalue weighted by Gasteiger charge is -2.33. The number of nitrogens with zero attached hydrogens (tertiary/aromatic N) is 2. The maximum Gasteiger partial charge on any atom is 0.101 e. The standard InChI is InChI=1S/C12H15N3O/c1-9-8-15(4-5-16-9)11-3-2-10(7-13)12(14)6-11/h2-3,6,9H,4-5,8,14H2,1H3. The molecule has 1 aliphatic rings. The van der Waals surface area contributed by atoms with Crippen molar-refractivity contribution in [1.82, 2.24) is 0 Å². The Morgan fingerprint density at radius 3 is 3.00 bits per heavy atom. The quantitative estimate of drug-likeness (QED) is 0.721. The number of nitrogens with two attached hydrogens (primary N) is 1. The third kappa shape index (κ3) is 2.10. The molecule has 0 amide bonds. The van der Waals surface area contributed by atoms with Gasteiger partial charge in [-0.1, -0.05) is 0 Å². The molecular formula is C12H15N3O. The van der Waals surface area contributed by atoms with Crippen LogP contribution in [0.4, 0.5) is 11.4 Å². The summed E-state index contributed by atoms with van der Waals surface area (Å²) in [6, 6.07) is 7.63. The van der Waals surface area contributed by atoms with Gasteiger partial charge >= 0.3 is 0 Å². The molecule has 4 nitrogen and oxygen atoms in total. The highest BCUT2D eigenvalue weighted by molar-refractivity contribution is 5.63. The van der Waals surface area contributed by atoms with Crippen molar-refractivity contribution in [2.75, 3.05) is 30.3 Å². The predicted octanol–water partition coefficient (Wildman–Crippen LogP) is 1.37. The number of nitrogen functional groups attached to an aromatic ring is 1. The summed E-state index contributed by atoms with van der Waals surface area (Å²) in [6.07, 6.45) is 0.241. The highest BCUT2D eigenvalue weighted by Crippen LogP contribution is 2.22. The molecule has 1 saturated heterocycles. The second-order valence-corrected chi connectivity index (χ2v) is 4.01. The van der Waals surface area contributed by atoms with Crippen LogP contribution < -0.4 is 10.6 Å². The summed E-state index contributed by atoms with van der Waals surface area (Å²) >= 11 is 0. The molecule has 1 aliphatic heterocycles. The fourth-order valence-corrected chi connectivity index (χ4v) is 1.90. The molecule has 1 aromatic carbocycles. The SMILES string of the molecule is CC1CN(c2ccc(C#N)c(N)c2)CCO1. The van der Waals surface area contributed by atoms with Crippen molar-refractivity contribution in [1.29, 1.82) is 5.26 Å². The van der Waals surface area contributed by atoms with Crippen LogP contribution in [0.15, 0.2) is 18.2 Å². The number of ether oxygens (including phenoxy) is 1. The Hall–Kier alpha value is -1.73. The molecule has 4 heteroatoms. The predicted molar refractivity (Wildman–Crippen MR) is 63.2 cm³/mol. The zero-order valence-electron chi connectivity index (χ0n) is 9.31. The molecule has 1 unspecified atom stereocenters. The molecule has 0 aromatic heterocycles. The fraction of sp³-hybridized carbons (Fsp3) is 0.417. The van der Waals surface area contributed by atoms with Gasteiger partial charge < -0.3 is 15.4 Å². The third-order valence-electron chi connectivity index (χ3n) is 2.76. The molecule has 0 aliphatic carbocycles. The Balaban J connectivity index is 2.21. The normalized spacial score (nSPS) is 20.5. The summed E-state index contributed by atoms with van der Waals surface area (Å²) in [5.41, 5.74) is 7.93. The van der Waals surface area contributed by atoms with E-state index in [0.29, 0.717) is 11.3 Å². The third-order valence-corrected chi connectivity index (χ3v) is 2.76. The number of rotatable bonds is 1. The zero-order chi connectivity index (χ0) is 11.5. The molecule has 1 aromatic rings. The van der Waals surface area contributed by atoms with Gasteiger partial charge in [0.2, 0.25) is 0 Å². The van der Waals surface area contributed by atoms with E-state index in [1.54, 1.807) is 6.07 Å². The average molecular weight is 217 g/mol. The van der Waals surface area contributed by atoms with Crippen LogP contribution in [0.3, 0.4) is 0 Å². The summed E-state index contributed by atoms with van der Waals surface area (Å²) in [7, 11) is 0. The van der Waals surface area contributed by atoms with E-state index in [4.69, 9.17) is 15.7 Å². The van der Waals surface area contributed by atoms with Gasteiger partial charge in [0.1, 0.15) is 6.07 Å². The first-order valence-corrected chi connectivity index (χ1v) is 5.37. The van der Waals surface area contributed by atoms with Gasteiger partial charge in [0.15, 0.2) is 0 Å². The lowest BCUT2D eigenvalue weighted by atomic mass is 10.1. The molecule has 1 fully saturated rings. The smallest absolute Gasteiger partial charge is 0.101 e. The molecule has 0 radical (unpaired) electrons. The molecule has 1 atom stereocenters. The van der Waals surface area contributed by atoms with Crippen molar-refractivity contribution >= 4 is 11.4 Å². The maximum absolute atomic E-state index is 8.80. The van der Waals surface area contributed by atoms with Crippen LogP contribution in [-0.4, -0.2) is 25.8 Å². The summed E-state index contributed by atoms with van der Waals surface area (Å²) in [5.74, 6) is 0. The number of hydrogen-bond acceptors (Lipinski definition) is 4. The second kappa shape index (κ2) is 4.42. The number of anilines is 2. The molecule has 2 rings (SSSR count). The van der Waals surface area contributed by atoms with Crippen LogP contribution in [0.1, 0.15) is 12.5 Å². The number of morpholine rings is 1. The first-order valence-electron chi connectivity index (χ1n) is 5.37. The van der Waals surface area contributed by atoms with Crippen molar-refractivity contribution in [3.8, 4) is 6.07 Å². The summed E-state index contributed by atoms with van der Waals surface area (Å²) < 4.78 is 5.48. The van der Waals surface area contributed by atoms with Gasteiger partial charge in [-0.15, -0.1) is 0 Å². The summed E-state index contributed by atoms with van der Waals surface area (Å²) in [6.45, 7) is 4.53. The number of hydrogen-bond donors (Lipinski definition) is 1. The minimum atomic E-state index is 0.241. The van der Waals surface area contributed by atoms with Crippen molar-refractivity contribution in [2.45, 2.75) is 13.0 Å². The number of nitriles is 1. The number of benzene rings is 1. The molecule has 84 valence electrons. The van der Waals surface area contributed by atoms with Crippen molar-refractivity contribution in [3.05, 3.63) is 23.8 Å². The molecule has 0 bridgehead atoms. The van der Waals surface area contributed by atoms with E-state index in [-0.39, 0.29) is 6.10 Å². The van der Waals surface area contributed by atoms with Crippen LogP contribution in [0.25, 0.3) is 0 Å². The van der Waals surface area contributed by atoms with Gasteiger partial charge in [-0.3, -0.25) is 0 Å². The minimum absolute atomic E-state index is 0.241. The molecule has 16 heavy (non-hydrogen) atoms. The Labute approximate surface area is 95.2 Å². The summed E-state index contributed by atoms with van der Waals surface area (Å²) in [5, 5.41) is 8.80. The van der Waals surface area contributed by atoms with Gasteiger partial charge in [0, 0.05) is 18.8 Å². The molecule has 2 N–H and O–H groups in total. The van der Waals surface area contributed by atoms with E-state index in [9.17, 15) is 0 Å². The van der Waals surface area contributed by atoms with Gasteiger partial charge in [-0.25, -0.2) is 0 Å². The lowest BCUT2D eigenvalue weighted by molar-refractivity contribution is 0.0532. The van der Waals surface area contributed by atoms with Gasteiger partial charge in [-0.05, 0) is 25.1 Å². The van der Waals surface area contributed by atoms with Crippen LogP contribution in [0, 0.1) is 11.3 Å².